The third-order valence-electron chi connectivity index (χ3n) is 9.27. The Morgan fingerprint density at radius 2 is 2.12 bits per heavy atom. The average molecular weight is 602 g/mol. The van der Waals surface area contributed by atoms with E-state index in [0.717, 1.165) is 13.0 Å². The molecule has 5 aliphatic heterocycles. The number of nitrogens with zero attached hydrogens (tertiary/aromatic N) is 7. The standard InChI is InChI=1S/C25H35N11O5S/c1-11-19-18(12(2)30-17(37)9-34-10-29-31-32-34)23(39)36(19)20(24(40)41)21(11)42-14-5-15(28-6-14)22(38)33-7-13-3-4-35(25(26)27)16(13)8-33/h10-16,18-19,28H,3-9H2,1-2H3,(H3,26,27)(H,30,37)(H,40,41)/t11-,12-,13?,14+,15?,16?,18-,19-/m1/s1. The number of nitrogens with one attached hydrogen (secondary N) is 3. The molecular weight excluding hydrogens is 566 g/mol. The van der Waals surface area contributed by atoms with Gasteiger partial charge in [0.15, 0.2) is 5.96 Å². The van der Waals surface area contributed by atoms with Crippen LogP contribution in [0.4, 0.5) is 0 Å². The molecule has 0 saturated carbocycles. The van der Waals surface area contributed by atoms with Crippen LogP contribution in [0.3, 0.4) is 0 Å². The number of fused-ring (bicyclic) bond motifs is 2. The Balaban J connectivity index is 1.08. The van der Waals surface area contributed by atoms with Crippen LogP contribution in [0.2, 0.25) is 0 Å². The minimum absolute atomic E-state index is 0.00237. The summed E-state index contributed by atoms with van der Waals surface area (Å²) in [7, 11) is 0. The van der Waals surface area contributed by atoms with Crippen LogP contribution < -0.4 is 16.4 Å². The number of carbonyl (C=O) groups is 4. The maximum atomic E-state index is 13.4. The molecule has 0 aromatic carbocycles. The molecule has 5 aliphatic rings. The summed E-state index contributed by atoms with van der Waals surface area (Å²) in [6.45, 7) is 6.06. The lowest BCUT2D eigenvalue weighted by atomic mass is 9.78. The Hall–Kier alpha value is -3.73. The van der Waals surface area contributed by atoms with Crippen molar-refractivity contribution in [3.63, 3.8) is 0 Å². The number of carboxylic acid groups (broad SMARTS) is 1. The summed E-state index contributed by atoms with van der Waals surface area (Å²) < 4.78 is 1.28. The van der Waals surface area contributed by atoms with E-state index in [-0.39, 0.29) is 65.2 Å². The SMILES string of the molecule is C[C@@H](NC(=O)Cn1cnnn1)[C@H]1C(=O)N2C(C(=O)O)=C(S[C@@H]3CNC(C(=O)N4CC5CCN(C(=N)N)C5C4)C3)[C@H](C)[C@H]12. The number of tetrazole rings is 1. The number of guanidine groups is 1. The van der Waals surface area contributed by atoms with Gasteiger partial charge in [0.1, 0.15) is 18.6 Å². The minimum Gasteiger partial charge on any atom is -0.477 e. The second kappa shape index (κ2) is 10.8. The number of aliphatic carboxylic acids is 1. The van der Waals surface area contributed by atoms with E-state index < -0.39 is 17.9 Å². The van der Waals surface area contributed by atoms with Crippen molar-refractivity contribution in [3.05, 3.63) is 16.9 Å². The first-order valence-electron chi connectivity index (χ1n) is 14.1. The number of β-lactam (4-membered cyclic amide) rings is 1. The Morgan fingerprint density at radius 3 is 2.81 bits per heavy atom. The number of carboxylic acids is 1. The highest BCUT2D eigenvalue weighted by molar-refractivity contribution is 8.03. The van der Waals surface area contributed by atoms with Crippen molar-refractivity contribution in [2.45, 2.75) is 62.7 Å². The fourth-order valence-electron chi connectivity index (χ4n) is 7.31. The van der Waals surface area contributed by atoms with Crippen LogP contribution in [0, 0.1) is 23.2 Å². The number of hydrogen-bond acceptors (Lipinski definition) is 10. The number of rotatable bonds is 8. The number of thioether (sulfide) groups is 1. The van der Waals surface area contributed by atoms with E-state index in [9.17, 15) is 24.3 Å². The number of nitrogens with two attached hydrogens (primary N) is 1. The van der Waals surface area contributed by atoms with E-state index in [4.69, 9.17) is 11.1 Å². The Kier molecular flexibility index (Phi) is 7.32. The van der Waals surface area contributed by atoms with Crippen molar-refractivity contribution in [1.82, 2.24) is 45.5 Å². The van der Waals surface area contributed by atoms with E-state index in [1.165, 1.54) is 27.7 Å². The summed E-state index contributed by atoms with van der Waals surface area (Å²) >= 11 is 1.43. The van der Waals surface area contributed by atoms with Gasteiger partial charge in [-0.05, 0) is 30.2 Å². The monoisotopic (exact) mass is 601 g/mol. The molecule has 6 heterocycles. The van der Waals surface area contributed by atoms with Crippen molar-refractivity contribution < 1.29 is 24.3 Å². The van der Waals surface area contributed by atoms with Gasteiger partial charge in [-0.1, -0.05) is 6.92 Å². The van der Waals surface area contributed by atoms with E-state index in [1.54, 1.807) is 6.92 Å². The fraction of sp³-hybridized carbons (Fsp3) is 0.680. The molecule has 4 fully saturated rings. The molecule has 6 N–H and O–H groups in total. The smallest absolute Gasteiger partial charge is 0.353 e. The van der Waals surface area contributed by atoms with Gasteiger partial charge in [0, 0.05) is 54.2 Å². The topological polar surface area (TPSA) is 216 Å². The number of likely N-dealkylation sites (tertiary alicyclic amines) is 2. The molecule has 0 spiro atoms. The molecule has 8 atom stereocenters. The van der Waals surface area contributed by atoms with Crippen molar-refractivity contribution in [1.29, 1.82) is 5.41 Å². The molecular formula is C25H35N11O5S. The van der Waals surface area contributed by atoms with Gasteiger partial charge in [-0.2, -0.15) is 0 Å². The number of aromatic nitrogens is 4. The highest BCUT2D eigenvalue weighted by atomic mass is 32.2. The van der Waals surface area contributed by atoms with E-state index >= 15 is 0 Å². The molecule has 6 rings (SSSR count). The largest absolute Gasteiger partial charge is 0.477 e. The zero-order chi connectivity index (χ0) is 29.9. The van der Waals surface area contributed by atoms with Gasteiger partial charge in [0.25, 0.3) is 0 Å². The van der Waals surface area contributed by atoms with E-state index in [2.05, 4.69) is 26.2 Å². The van der Waals surface area contributed by atoms with Crippen LogP contribution in [0.1, 0.15) is 26.7 Å². The highest BCUT2D eigenvalue weighted by Crippen LogP contribution is 2.52. The van der Waals surface area contributed by atoms with Crippen LogP contribution in [0.5, 0.6) is 0 Å². The lowest BCUT2D eigenvalue weighted by Gasteiger charge is -2.47. The summed E-state index contributed by atoms with van der Waals surface area (Å²) in [4.78, 5) is 57.1. The lowest BCUT2D eigenvalue weighted by molar-refractivity contribution is -0.158. The molecule has 1 aromatic heterocycles. The van der Waals surface area contributed by atoms with Crippen molar-refractivity contribution in [3.8, 4) is 0 Å². The zero-order valence-corrected chi connectivity index (χ0v) is 24.2. The first-order valence-corrected chi connectivity index (χ1v) is 15.0. The van der Waals surface area contributed by atoms with Crippen LogP contribution >= 0.6 is 11.8 Å². The molecule has 4 saturated heterocycles. The predicted molar refractivity (Wildman–Crippen MR) is 148 cm³/mol. The Bertz CT molecular complexity index is 1340. The summed E-state index contributed by atoms with van der Waals surface area (Å²) in [5, 5.41) is 34.7. The maximum absolute atomic E-state index is 13.4. The van der Waals surface area contributed by atoms with E-state index in [1.807, 2.05) is 16.7 Å². The molecule has 3 amide bonds. The molecule has 17 heteroatoms. The van der Waals surface area contributed by atoms with Crippen LogP contribution in [-0.2, 0) is 25.7 Å². The van der Waals surface area contributed by atoms with Crippen molar-refractivity contribution in [2.24, 2.45) is 23.5 Å². The number of hydrogen-bond donors (Lipinski definition) is 5. The third kappa shape index (κ3) is 4.77. The molecule has 16 nitrogen and oxygen atoms in total. The molecule has 0 aliphatic carbocycles. The van der Waals surface area contributed by atoms with Gasteiger partial charge >= 0.3 is 5.97 Å². The normalized spacial score (nSPS) is 32.6. The predicted octanol–water partition coefficient (Wildman–Crippen LogP) is -2.16. The Morgan fingerprint density at radius 1 is 1.33 bits per heavy atom. The molecule has 226 valence electrons. The minimum atomic E-state index is -1.16. The zero-order valence-electron chi connectivity index (χ0n) is 23.3. The van der Waals surface area contributed by atoms with Crippen molar-refractivity contribution in [2.75, 3.05) is 26.2 Å². The summed E-state index contributed by atoms with van der Waals surface area (Å²) in [6.07, 6.45) is 2.77. The molecule has 3 unspecified atom stereocenters. The Labute approximate surface area is 245 Å². The molecule has 0 radical (unpaired) electrons. The molecule has 42 heavy (non-hydrogen) atoms. The van der Waals surface area contributed by atoms with E-state index in [0.29, 0.717) is 36.9 Å². The number of carbonyl (C=O) groups excluding carboxylic acids is 3. The second-order valence-corrected chi connectivity index (χ2v) is 13.1. The van der Waals surface area contributed by atoms with Crippen LogP contribution in [0.15, 0.2) is 16.9 Å². The number of amides is 3. The first kappa shape index (κ1) is 28.4. The third-order valence-corrected chi connectivity index (χ3v) is 10.8. The van der Waals surface area contributed by atoms with Crippen LogP contribution in [-0.4, -0.2) is 125 Å². The maximum Gasteiger partial charge on any atom is 0.353 e. The second-order valence-electron chi connectivity index (χ2n) is 11.8. The van der Waals surface area contributed by atoms with Gasteiger partial charge < -0.3 is 36.2 Å². The van der Waals surface area contributed by atoms with Crippen LogP contribution in [0.25, 0.3) is 0 Å². The van der Waals surface area contributed by atoms with Crippen molar-refractivity contribution >= 4 is 41.4 Å². The van der Waals surface area contributed by atoms with Gasteiger partial charge in [-0.3, -0.25) is 19.8 Å². The van der Waals surface area contributed by atoms with Gasteiger partial charge in [0.2, 0.25) is 17.7 Å². The van der Waals surface area contributed by atoms with Gasteiger partial charge in [0.05, 0.1) is 24.0 Å². The summed E-state index contributed by atoms with van der Waals surface area (Å²) in [6, 6.07) is -1.19. The van der Waals surface area contributed by atoms with Gasteiger partial charge in [-0.15, -0.1) is 16.9 Å². The molecule has 0 bridgehead atoms. The average Bonchev–Trinajstić information content (AvgIpc) is 3.74. The molecule has 1 aromatic rings. The summed E-state index contributed by atoms with van der Waals surface area (Å²) in [5.41, 5.74) is 5.73. The fourth-order valence-corrected chi connectivity index (χ4v) is 8.79. The first-order chi connectivity index (χ1) is 20.0. The lowest BCUT2D eigenvalue weighted by Crippen LogP contribution is -2.66. The van der Waals surface area contributed by atoms with Gasteiger partial charge in [-0.25, -0.2) is 9.48 Å². The summed E-state index contributed by atoms with van der Waals surface area (Å²) in [5.74, 6) is -2.26. The quantitative estimate of drug-likeness (QED) is 0.122. The highest BCUT2D eigenvalue weighted by Gasteiger charge is 2.60.